The zero-order valence-electron chi connectivity index (χ0n) is 14.1. The van der Waals surface area contributed by atoms with Crippen molar-refractivity contribution in [2.24, 2.45) is 4.99 Å². The second-order valence-electron chi connectivity index (χ2n) is 5.78. The molecular weight excluding hydrogens is 300 g/mol. The summed E-state index contributed by atoms with van der Waals surface area (Å²) in [7, 11) is 1.80. The average molecular weight is 324 g/mol. The SMILES string of the molecule is CN=C(NCCC1=CCOCC1)NCc1ccnc2ccccc12. The maximum Gasteiger partial charge on any atom is 0.191 e. The highest BCUT2D eigenvalue weighted by molar-refractivity contribution is 5.83. The van der Waals surface area contributed by atoms with Crippen molar-refractivity contribution in [1.29, 1.82) is 0 Å². The summed E-state index contributed by atoms with van der Waals surface area (Å²) >= 11 is 0. The number of guanidine groups is 1. The standard InChI is InChI=1S/C19H24N4O/c1-20-19(22-10-6-15-8-12-24-13-9-15)23-14-16-7-11-21-18-5-3-2-4-17(16)18/h2-5,7-8,11H,6,9-10,12-14H2,1H3,(H2,20,22,23). The Hall–Kier alpha value is -2.40. The van der Waals surface area contributed by atoms with Gasteiger partial charge in [-0.2, -0.15) is 0 Å². The first-order valence-electron chi connectivity index (χ1n) is 8.39. The highest BCUT2D eigenvalue weighted by Gasteiger charge is 2.05. The summed E-state index contributed by atoms with van der Waals surface area (Å²) in [5, 5.41) is 7.94. The van der Waals surface area contributed by atoms with Crippen LogP contribution < -0.4 is 10.6 Å². The van der Waals surface area contributed by atoms with E-state index in [1.807, 2.05) is 24.4 Å². The largest absolute Gasteiger partial charge is 0.377 e. The second-order valence-corrected chi connectivity index (χ2v) is 5.78. The summed E-state index contributed by atoms with van der Waals surface area (Å²) in [4.78, 5) is 8.70. The number of rotatable bonds is 5. The predicted octanol–water partition coefficient (Wildman–Crippen LogP) is 2.64. The van der Waals surface area contributed by atoms with Gasteiger partial charge in [0.15, 0.2) is 5.96 Å². The second kappa shape index (κ2) is 8.45. The van der Waals surface area contributed by atoms with Gasteiger partial charge < -0.3 is 15.4 Å². The molecule has 2 aromatic rings. The third-order valence-electron chi connectivity index (χ3n) is 4.21. The smallest absolute Gasteiger partial charge is 0.191 e. The summed E-state index contributed by atoms with van der Waals surface area (Å²) in [6.45, 7) is 3.19. The van der Waals surface area contributed by atoms with Gasteiger partial charge in [0.25, 0.3) is 0 Å². The van der Waals surface area contributed by atoms with E-state index in [1.54, 1.807) is 7.05 Å². The molecule has 0 unspecified atom stereocenters. The molecule has 0 saturated heterocycles. The van der Waals surface area contributed by atoms with Crippen molar-refractivity contribution in [2.75, 3.05) is 26.8 Å². The van der Waals surface area contributed by atoms with E-state index in [-0.39, 0.29) is 0 Å². The minimum Gasteiger partial charge on any atom is -0.377 e. The van der Waals surface area contributed by atoms with Crippen LogP contribution in [0.25, 0.3) is 10.9 Å². The van der Waals surface area contributed by atoms with Crippen molar-refractivity contribution < 1.29 is 4.74 Å². The summed E-state index contributed by atoms with van der Waals surface area (Å²) in [5.41, 5.74) is 3.70. The van der Waals surface area contributed by atoms with Crippen LogP contribution in [0.15, 0.2) is 53.2 Å². The molecule has 24 heavy (non-hydrogen) atoms. The van der Waals surface area contributed by atoms with Gasteiger partial charge >= 0.3 is 0 Å². The van der Waals surface area contributed by atoms with Gasteiger partial charge in [-0.05, 0) is 30.5 Å². The molecule has 0 fully saturated rings. The highest BCUT2D eigenvalue weighted by Crippen LogP contribution is 2.15. The molecule has 1 aliphatic heterocycles. The van der Waals surface area contributed by atoms with E-state index in [2.05, 4.69) is 38.8 Å². The van der Waals surface area contributed by atoms with Crippen molar-refractivity contribution in [2.45, 2.75) is 19.4 Å². The molecule has 0 spiro atoms. The number of hydrogen-bond donors (Lipinski definition) is 2. The van der Waals surface area contributed by atoms with Gasteiger partial charge in [0.05, 0.1) is 18.7 Å². The lowest BCUT2D eigenvalue weighted by Gasteiger charge is -2.16. The highest BCUT2D eigenvalue weighted by atomic mass is 16.5. The Bertz CT molecular complexity index is 734. The lowest BCUT2D eigenvalue weighted by molar-refractivity contribution is 0.153. The Morgan fingerprint density at radius 2 is 2.17 bits per heavy atom. The lowest BCUT2D eigenvalue weighted by Crippen LogP contribution is -2.37. The number of aliphatic imine (C=N–C) groups is 1. The summed E-state index contributed by atoms with van der Waals surface area (Å²) in [6.07, 6.45) is 6.11. The molecule has 0 bridgehead atoms. The van der Waals surface area contributed by atoms with E-state index in [0.717, 1.165) is 50.6 Å². The molecule has 126 valence electrons. The number of pyridine rings is 1. The van der Waals surface area contributed by atoms with Crippen LogP contribution in [0.5, 0.6) is 0 Å². The molecule has 0 atom stereocenters. The first-order valence-corrected chi connectivity index (χ1v) is 8.39. The average Bonchev–Trinajstić information content (AvgIpc) is 2.65. The molecule has 2 heterocycles. The summed E-state index contributed by atoms with van der Waals surface area (Å²) in [5.74, 6) is 0.823. The van der Waals surface area contributed by atoms with Gasteiger partial charge in [-0.15, -0.1) is 0 Å². The fourth-order valence-electron chi connectivity index (χ4n) is 2.84. The Balaban J connectivity index is 1.53. The van der Waals surface area contributed by atoms with E-state index < -0.39 is 0 Å². The Kier molecular flexibility index (Phi) is 5.80. The number of para-hydroxylation sites is 1. The minimum atomic E-state index is 0.721. The topological polar surface area (TPSA) is 58.5 Å². The number of nitrogens with one attached hydrogen (secondary N) is 2. The van der Waals surface area contributed by atoms with Crippen LogP contribution in [0.1, 0.15) is 18.4 Å². The van der Waals surface area contributed by atoms with Gasteiger partial charge in [0.1, 0.15) is 0 Å². The van der Waals surface area contributed by atoms with E-state index in [9.17, 15) is 0 Å². The minimum absolute atomic E-state index is 0.721. The van der Waals surface area contributed by atoms with Gasteiger partial charge in [0, 0.05) is 31.7 Å². The number of benzene rings is 1. The van der Waals surface area contributed by atoms with Gasteiger partial charge in [-0.1, -0.05) is 29.8 Å². The number of aromatic nitrogens is 1. The van der Waals surface area contributed by atoms with Gasteiger partial charge in [-0.3, -0.25) is 9.98 Å². The molecule has 2 N–H and O–H groups in total. The third-order valence-corrected chi connectivity index (χ3v) is 4.21. The van der Waals surface area contributed by atoms with Crippen molar-refractivity contribution in [1.82, 2.24) is 15.6 Å². The molecule has 0 radical (unpaired) electrons. The van der Waals surface area contributed by atoms with Gasteiger partial charge in [0.2, 0.25) is 0 Å². The maximum atomic E-state index is 5.33. The first kappa shape index (κ1) is 16.5. The van der Waals surface area contributed by atoms with E-state index in [4.69, 9.17) is 4.74 Å². The molecule has 3 rings (SSSR count). The van der Waals surface area contributed by atoms with Crippen molar-refractivity contribution in [3.05, 3.63) is 53.7 Å². The molecule has 1 aromatic carbocycles. The molecule has 5 heteroatoms. The molecular formula is C19H24N4O. The number of ether oxygens (including phenoxy) is 1. The Morgan fingerprint density at radius 1 is 1.25 bits per heavy atom. The van der Waals surface area contributed by atoms with Crippen LogP contribution in [-0.4, -0.2) is 37.7 Å². The Labute approximate surface area is 142 Å². The van der Waals surface area contributed by atoms with Crippen molar-refractivity contribution in [3.63, 3.8) is 0 Å². The molecule has 0 aliphatic carbocycles. The van der Waals surface area contributed by atoms with Crippen LogP contribution in [-0.2, 0) is 11.3 Å². The molecule has 0 saturated carbocycles. The first-order chi connectivity index (χ1) is 11.9. The molecule has 5 nitrogen and oxygen atoms in total. The van der Waals surface area contributed by atoms with Crippen LogP contribution >= 0.6 is 0 Å². The van der Waals surface area contributed by atoms with Crippen LogP contribution in [0.4, 0.5) is 0 Å². The zero-order chi connectivity index (χ0) is 16.6. The van der Waals surface area contributed by atoms with Crippen LogP contribution in [0.2, 0.25) is 0 Å². The normalized spacial score (nSPS) is 15.2. The number of hydrogen-bond acceptors (Lipinski definition) is 3. The summed E-state index contributed by atoms with van der Waals surface area (Å²) < 4.78 is 5.33. The number of nitrogens with zero attached hydrogens (tertiary/aromatic N) is 2. The fraction of sp³-hybridized carbons (Fsp3) is 0.368. The number of fused-ring (bicyclic) bond motifs is 1. The van der Waals surface area contributed by atoms with Crippen molar-refractivity contribution in [3.8, 4) is 0 Å². The Morgan fingerprint density at radius 3 is 3.00 bits per heavy atom. The quantitative estimate of drug-likeness (QED) is 0.504. The maximum absolute atomic E-state index is 5.33. The molecule has 0 amide bonds. The van der Waals surface area contributed by atoms with E-state index in [0.29, 0.717) is 0 Å². The fourth-order valence-corrected chi connectivity index (χ4v) is 2.84. The van der Waals surface area contributed by atoms with Crippen molar-refractivity contribution >= 4 is 16.9 Å². The van der Waals surface area contributed by atoms with Crippen LogP contribution in [0, 0.1) is 0 Å². The predicted molar refractivity (Wildman–Crippen MR) is 98.1 cm³/mol. The lowest BCUT2D eigenvalue weighted by atomic mass is 10.1. The third kappa shape index (κ3) is 4.32. The van der Waals surface area contributed by atoms with E-state index in [1.165, 1.54) is 16.5 Å². The monoisotopic (exact) mass is 324 g/mol. The summed E-state index contributed by atoms with van der Waals surface area (Å²) in [6, 6.07) is 10.2. The molecule has 1 aromatic heterocycles. The van der Waals surface area contributed by atoms with Crippen LogP contribution in [0.3, 0.4) is 0 Å². The molecule has 1 aliphatic rings. The van der Waals surface area contributed by atoms with E-state index >= 15 is 0 Å². The van der Waals surface area contributed by atoms with Gasteiger partial charge in [-0.25, -0.2) is 0 Å². The zero-order valence-corrected chi connectivity index (χ0v) is 14.1.